The van der Waals surface area contributed by atoms with Crippen molar-refractivity contribution in [3.63, 3.8) is 0 Å². The molecule has 0 radical (unpaired) electrons. The van der Waals surface area contributed by atoms with Crippen molar-refractivity contribution in [2.75, 3.05) is 13.6 Å². The minimum absolute atomic E-state index is 0.0294. The number of amides is 2. The summed E-state index contributed by atoms with van der Waals surface area (Å²) in [5, 5.41) is 7.47. The Labute approximate surface area is 153 Å². The molecule has 0 bridgehead atoms. The Bertz CT molecular complexity index is 731. The summed E-state index contributed by atoms with van der Waals surface area (Å²) in [6.07, 6.45) is 9.92. The lowest BCUT2D eigenvalue weighted by Gasteiger charge is -2.23. The molecule has 0 spiro atoms. The van der Waals surface area contributed by atoms with E-state index in [0.29, 0.717) is 12.6 Å². The summed E-state index contributed by atoms with van der Waals surface area (Å²) in [7, 11) is 2.17. The number of hydrogen-bond donors (Lipinski definition) is 2. The Morgan fingerprint density at radius 3 is 2.80 bits per heavy atom. The molecule has 2 N–H and O–H groups in total. The summed E-state index contributed by atoms with van der Waals surface area (Å²) in [4.78, 5) is 16.1. The van der Waals surface area contributed by atoms with Crippen molar-refractivity contribution in [2.24, 2.45) is 0 Å². The zero-order chi connectivity index (χ0) is 17.2. The van der Waals surface area contributed by atoms with E-state index in [4.69, 9.17) is 0 Å². The monoisotopic (exact) mass is 358 g/mol. The Hall–Kier alpha value is -1.79. The number of nitrogens with one attached hydrogen (secondary N) is 2. The number of nitrogens with zero attached hydrogens (tertiary/aromatic N) is 2. The number of likely N-dealkylation sites (N-methyl/N-ethyl adjacent to an activating group) is 1. The summed E-state index contributed by atoms with van der Waals surface area (Å²) in [6.45, 7) is 2.68. The predicted octanol–water partition coefficient (Wildman–Crippen LogP) is 3.27. The van der Waals surface area contributed by atoms with Gasteiger partial charge in [-0.15, -0.1) is 11.3 Å². The van der Waals surface area contributed by atoms with E-state index >= 15 is 0 Å². The van der Waals surface area contributed by atoms with Crippen molar-refractivity contribution >= 4 is 17.4 Å². The highest BCUT2D eigenvalue weighted by Crippen LogP contribution is 2.35. The molecule has 2 amide bonds. The molecule has 0 saturated heterocycles. The second kappa shape index (κ2) is 7.22. The average molecular weight is 359 g/mol. The first-order chi connectivity index (χ1) is 12.2. The van der Waals surface area contributed by atoms with Gasteiger partial charge in [-0.2, -0.15) is 0 Å². The number of carbonyl (C=O) groups is 1. The largest absolute Gasteiger partial charge is 0.335 e. The van der Waals surface area contributed by atoms with Crippen LogP contribution in [0.5, 0.6) is 0 Å². The van der Waals surface area contributed by atoms with Crippen LogP contribution in [-0.2, 0) is 19.5 Å². The lowest BCUT2D eigenvalue weighted by molar-refractivity contribution is 0.236. The summed E-state index contributed by atoms with van der Waals surface area (Å²) >= 11 is 1.86. The fourth-order valence-electron chi connectivity index (χ4n) is 3.92. The molecule has 2 aromatic rings. The van der Waals surface area contributed by atoms with Crippen molar-refractivity contribution in [2.45, 2.75) is 51.2 Å². The van der Waals surface area contributed by atoms with E-state index in [1.54, 1.807) is 0 Å². The maximum absolute atomic E-state index is 12.3. The van der Waals surface area contributed by atoms with Crippen LogP contribution in [0.4, 0.5) is 4.79 Å². The molecule has 0 atom stereocenters. The minimum atomic E-state index is -0.0294. The Kier molecular flexibility index (Phi) is 4.81. The highest BCUT2D eigenvalue weighted by Gasteiger charge is 2.24. The predicted molar refractivity (Wildman–Crippen MR) is 101 cm³/mol. The number of fused-ring (bicyclic) bond motifs is 1. The van der Waals surface area contributed by atoms with Crippen molar-refractivity contribution in [3.8, 4) is 5.00 Å². The van der Waals surface area contributed by atoms with Crippen LogP contribution in [0.25, 0.3) is 5.00 Å². The fourth-order valence-corrected chi connectivity index (χ4v) is 5.33. The van der Waals surface area contributed by atoms with E-state index < -0.39 is 0 Å². The Balaban J connectivity index is 1.52. The van der Waals surface area contributed by atoms with Gasteiger partial charge in [0.1, 0.15) is 5.00 Å². The summed E-state index contributed by atoms with van der Waals surface area (Å²) in [6, 6.07) is 4.43. The third-order valence-corrected chi connectivity index (χ3v) is 6.56. The molecule has 134 valence electrons. The van der Waals surface area contributed by atoms with E-state index in [-0.39, 0.29) is 6.03 Å². The highest BCUT2D eigenvalue weighted by atomic mass is 32.1. The van der Waals surface area contributed by atoms with E-state index in [2.05, 4.69) is 51.7 Å². The van der Waals surface area contributed by atoms with Crippen LogP contribution in [0.2, 0.25) is 0 Å². The molecular formula is C19H26N4OS. The first-order valence-corrected chi connectivity index (χ1v) is 10.0. The molecule has 25 heavy (non-hydrogen) atoms. The van der Waals surface area contributed by atoms with Gasteiger partial charge in [-0.1, -0.05) is 12.8 Å². The number of aromatic nitrogens is 1. The number of hydrogen-bond acceptors (Lipinski definition) is 3. The lowest BCUT2D eigenvalue weighted by Crippen LogP contribution is -2.40. The van der Waals surface area contributed by atoms with Gasteiger partial charge >= 0.3 is 6.03 Å². The van der Waals surface area contributed by atoms with Gasteiger partial charge in [0.25, 0.3) is 0 Å². The van der Waals surface area contributed by atoms with Crippen molar-refractivity contribution in [3.05, 3.63) is 40.5 Å². The fraction of sp³-hybridized carbons (Fsp3) is 0.526. The average Bonchev–Trinajstić information content (AvgIpc) is 3.33. The molecule has 6 heteroatoms. The standard InChI is InChI=1S/C19H26N4OS/c1-22-11-8-15-16(12-20-19(24)21-14-6-2-3-7-14)18(25-17(15)13-22)23-9-4-5-10-23/h4-5,9-10,14H,2-3,6-8,11-13H2,1H3,(H2,20,21,24). The molecular weight excluding hydrogens is 332 g/mol. The van der Waals surface area contributed by atoms with Gasteiger partial charge in [-0.25, -0.2) is 4.79 Å². The smallest absolute Gasteiger partial charge is 0.315 e. The molecule has 0 unspecified atom stereocenters. The molecule has 2 aliphatic rings. The van der Waals surface area contributed by atoms with Crippen LogP contribution < -0.4 is 10.6 Å². The van der Waals surface area contributed by atoms with E-state index in [1.807, 2.05) is 11.3 Å². The van der Waals surface area contributed by atoms with E-state index in [0.717, 1.165) is 32.4 Å². The SMILES string of the molecule is CN1CCc2c(sc(-n3cccc3)c2CNC(=O)NC2CCCC2)C1. The van der Waals surface area contributed by atoms with Crippen LogP contribution in [0.3, 0.4) is 0 Å². The minimum Gasteiger partial charge on any atom is -0.335 e. The molecule has 1 aliphatic heterocycles. The van der Waals surface area contributed by atoms with E-state index in [1.165, 1.54) is 33.8 Å². The third kappa shape index (κ3) is 3.60. The zero-order valence-corrected chi connectivity index (χ0v) is 15.6. The van der Waals surface area contributed by atoms with Gasteiger partial charge in [0, 0.05) is 48.5 Å². The van der Waals surface area contributed by atoms with E-state index in [9.17, 15) is 4.79 Å². The van der Waals surface area contributed by atoms with Gasteiger partial charge in [-0.05, 0) is 44.0 Å². The molecule has 5 nitrogen and oxygen atoms in total. The van der Waals surface area contributed by atoms with Gasteiger partial charge < -0.3 is 20.1 Å². The van der Waals surface area contributed by atoms with Crippen molar-refractivity contribution < 1.29 is 4.79 Å². The first kappa shape index (κ1) is 16.7. The molecule has 2 aromatic heterocycles. The van der Waals surface area contributed by atoms with Crippen LogP contribution in [0.15, 0.2) is 24.5 Å². The molecule has 3 heterocycles. The number of thiophene rings is 1. The van der Waals surface area contributed by atoms with Crippen molar-refractivity contribution in [1.29, 1.82) is 0 Å². The van der Waals surface area contributed by atoms with Crippen LogP contribution in [-0.4, -0.2) is 35.1 Å². The highest BCUT2D eigenvalue weighted by molar-refractivity contribution is 7.14. The molecule has 1 fully saturated rings. The molecule has 4 rings (SSSR count). The maximum Gasteiger partial charge on any atom is 0.315 e. The lowest BCUT2D eigenvalue weighted by atomic mass is 10.0. The number of carbonyl (C=O) groups excluding carboxylic acids is 1. The summed E-state index contributed by atoms with van der Waals surface area (Å²) in [5.74, 6) is 0. The Morgan fingerprint density at radius 2 is 2.04 bits per heavy atom. The number of rotatable bonds is 4. The van der Waals surface area contributed by atoms with Gasteiger partial charge in [-0.3, -0.25) is 0 Å². The topological polar surface area (TPSA) is 49.3 Å². The second-order valence-corrected chi connectivity index (χ2v) is 8.26. The third-order valence-electron chi connectivity index (χ3n) is 5.29. The van der Waals surface area contributed by atoms with Crippen LogP contribution in [0.1, 0.15) is 41.7 Å². The van der Waals surface area contributed by atoms with Gasteiger partial charge in [0.05, 0.1) is 0 Å². The molecule has 1 saturated carbocycles. The van der Waals surface area contributed by atoms with Gasteiger partial charge in [0.15, 0.2) is 0 Å². The quantitative estimate of drug-likeness (QED) is 0.881. The first-order valence-electron chi connectivity index (χ1n) is 9.20. The van der Waals surface area contributed by atoms with Crippen molar-refractivity contribution in [1.82, 2.24) is 20.1 Å². The zero-order valence-electron chi connectivity index (χ0n) is 14.8. The van der Waals surface area contributed by atoms with Crippen LogP contribution in [0, 0.1) is 0 Å². The second-order valence-electron chi connectivity index (χ2n) is 7.17. The molecule has 0 aromatic carbocycles. The van der Waals surface area contributed by atoms with Gasteiger partial charge in [0.2, 0.25) is 0 Å². The summed E-state index contributed by atoms with van der Waals surface area (Å²) in [5.41, 5.74) is 2.72. The Morgan fingerprint density at radius 1 is 1.28 bits per heavy atom. The summed E-state index contributed by atoms with van der Waals surface area (Å²) < 4.78 is 2.18. The number of urea groups is 1. The maximum atomic E-state index is 12.3. The van der Waals surface area contributed by atoms with Crippen LogP contribution >= 0.6 is 11.3 Å². The normalized spacial score (nSPS) is 18.3. The molecule has 1 aliphatic carbocycles.